The molecule has 0 amide bonds. The Labute approximate surface area is 185 Å². The quantitative estimate of drug-likeness (QED) is 0.497. The summed E-state index contributed by atoms with van der Waals surface area (Å²) in [5, 5.41) is 0. The third-order valence-corrected chi connectivity index (χ3v) is 10.4. The zero-order valence-electron chi connectivity index (χ0n) is 18.6. The van der Waals surface area contributed by atoms with Crippen molar-refractivity contribution in [1.82, 2.24) is 9.80 Å². The van der Waals surface area contributed by atoms with E-state index in [4.69, 9.17) is 0 Å². The van der Waals surface area contributed by atoms with Crippen LogP contribution >= 0.6 is 24.8 Å². The lowest BCUT2D eigenvalue weighted by molar-refractivity contribution is -0.0430. The van der Waals surface area contributed by atoms with Crippen LogP contribution in [0.1, 0.15) is 65.2 Å². The number of nitrogens with zero attached hydrogens (tertiary/aromatic N) is 2. The van der Waals surface area contributed by atoms with E-state index in [0.717, 1.165) is 35.8 Å². The van der Waals surface area contributed by atoms with Gasteiger partial charge in [-0.3, -0.25) is 0 Å². The maximum absolute atomic E-state index is 2.74. The largest absolute Gasteiger partial charge is 0.306 e. The van der Waals surface area contributed by atoms with Gasteiger partial charge in [0.15, 0.2) is 0 Å². The van der Waals surface area contributed by atoms with Gasteiger partial charge in [0.1, 0.15) is 0 Å². The van der Waals surface area contributed by atoms with Crippen LogP contribution in [0.2, 0.25) is 0 Å². The monoisotopic (exact) mass is 428 g/mol. The lowest BCUT2D eigenvalue weighted by Crippen LogP contribution is -2.52. The summed E-state index contributed by atoms with van der Waals surface area (Å²) in [4.78, 5) is 5.17. The predicted molar refractivity (Wildman–Crippen MR) is 124 cm³/mol. The van der Waals surface area contributed by atoms with Crippen molar-refractivity contribution in [2.24, 2.45) is 34.5 Å². The molecule has 1 saturated heterocycles. The van der Waals surface area contributed by atoms with Gasteiger partial charge in [-0.1, -0.05) is 18.6 Å². The molecule has 0 aromatic heterocycles. The van der Waals surface area contributed by atoms with E-state index in [1.807, 2.05) is 5.57 Å². The van der Waals surface area contributed by atoms with Gasteiger partial charge in [-0.2, -0.15) is 0 Å². The number of hydrogen-bond donors (Lipinski definition) is 0. The van der Waals surface area contributed by atoms with Crippen LogP contribution in [-0.2, 0) is 0 Å². The molecule has 0 N–H and O–H groups in total. The molecule has 162 valence electrons. The van der Waals surface area contributed by atoms with E-state index in [0.29, 0.717) is 10.8 Å². The summed E-state index contributed by atoms with van der Waals surface area (Å²) < 4.78 is 0. The SMILES string of the molecule is C[C@H]1[C@H]2CC[C@H]3[C@@H]4CC=C5C[C@@H](N(C)C)CC[C@]5(C)[C@H]4CC[C@]23CN1C.Cl.Cl. The first-order chi connectivity index (χ1) is 12.4. The first-order valence-electron chi connectivity index (χ1n) is 11.4. The van der Waals surface area contributed by atoms with Crippen molar-refractivity contribution >= 4 is 24.8 Å². The molecule has 4 fully saturated rings. The first kappa shape index (κ1) is 22.9. The van der Waals surface area contributed by atoms with E-state index in [2.05, 4.69) is 50.9 Å². The van der Waals surface area contributed by atoms with Crippen molar-refractivity contribution in [1.29, 1.82) is 0 Å². The highest BCUT2D eigenvalue weighted by Gasteiger charge is 2.63. The molecule has 3 saturated carbocycles. The maximum atomic E-state index is 2.74. The number of fused-ring (bicyclic) bond motifs is 4. The molecule has 5 rings (SSSR count). The van der Waals surface area contributed by atoms with Gasteiger partial charge in [0.2, 0.25) is 0 Å². The molecule has 1 aliphatic heterocycles. The van der Waals surface area contributed by atoms with Crippen LogP contribution in [0.5, 0.6) is 0 Å². The van der Waals surface area contributed by atoms with Gasteiger partial charge >= 0.3 is 0 Å². The Bertz CT molecular complexity index is 620. The van der Waals surface area contributed by atoms with E-state index < -0.39 is 0 Å². The fourth-order valence-corrected chi connectivity index (χ4v) is 8.88. The Hall–Kier alpha value is 0.240. The molecule has 0 bridgehead atoms. The molecule has 1 heterocycles. The second-order valence-corrected chi connectivity index (χ2v) is 11.2. The first-order valence-corrected chi connectivity index (χ1v) is 11.4. The van der Waals surface area contributed by atoms with Crippen molar-refractivity contribution in [2.75, 3.05) is 27.7 Å². The average molecular weight is 430 g/mol. The van der Waals surface area contributed by atoms with Crippen LogP contribution in [0, 0.1) is 34.5 Å². The lowest BCUT2D eigenvalue weighted by Gasteiger charge is -2.58. The normalized spacial score (nSPS) is 49.9. The van der Waals surface area contributed by atoms with Crippen LogP contribution in [0.4, 0.5) is 0 Å². The summed E-state index contributed by atoms with van der Waals surface area (Å²) in [5.74, 6) is 3.96. The van der Waals surface area contributed by atoms with Crippen molar-refractivity contribution in [2.45, 2.75) is 77.3 Å². The molecule has 4 heteroatoms. The van der Waals surface area contributed by atoms with Crippen LogP contribution in [0.3, 0.4) is 0 Å². The topological polar surface area (TPSA) is 6.48 Å². The van der Waals surface area contributed by atoms with Crippen LogP contribution < -0.4 is 0 Å². The summed E-state index contributed by atoms with van der Waals surface area (Å²) in [6.45, 7) is 6.56. The zero-order chi connectivity index (χ0) is 18.3. The van der Waals surface area contributed by atoms with E-state index in [9.17, 15) is 0 Å². The molecule has 4 aliphatic carbocycles. The molecule has 5 aliphatic rings. The number of rotatable bonds is 1. The van der Waals surface area contributed by atoms with E-state index in [-0.39, 0.29) is 24.8 Å². The standard InChI is InChI=1S/C24H40N2.2ClH/c1-16-20-8-9-22-19-7-6-17-14-18(25(3)4)10-12-23(17,2)21(19)11-13-24(20,22)15-26(16)5;;/h6,16,18-22H,7-15H2,1-5H3;2*1H/t16-,18-,19+,20+,21-,22-,23-,24-;;/m0../s1. The highest BCUT2D eigenvalue weighted by atomic mass is 35.5. The minimum absolute atomic E-state index is 0. The summed E-state index contributed by atoms with van der Waals surface area (Å²) in [6, 6.07) is 1.60. The molecule has 8 atom stereocenters. The fraction of sp³-hybridized carbons (Fsp3) is 0.917. The summed E-state index contributed by atoms with van der Waals surface area (Å²) in [7, 11) is 6.95. The van der Waals surface area contributed by atoms with Crippen LogP contribution in [-0.4, -0.2) is 49.6 Å². The molecule has 0 unspecified atom stereocenters. The van der Waals surface area contributed by atoms with E-state index in [1.165, 1.54) is 57.9 Å². The van der Waals surface area contributed by atoms with Gasteiger partial charge in [-0.05, 0) is 114 Å². The average Bonchev–Trinajstić information content (AvgIpc) is 3.08. The number of hydrogen-bond acceptors (Lipinski definition) is 2. The highest BCUT2D eigenvalue weighted by molar-refractivity contribution is 5.85. The predicted octanol–water partition coefficient (Wildman–Crippen LogP) is 5.65. The van der Waals surface area contributed by atoms with E-state index in [1.54, 1.807) is 0 Å². The minimum atomic E-state index is 0. The number of halogens is 2. The summed E-state index contributed by atoms with van der Waals surface area (Å²) in [6.07, 6.45) is 14.4. The smallest absolute Gasteiger partial charge is 0.0127 e. The number of likely N-dealkylation sites (tertiary alicyclic amines) is 1. The molecule has 0 radical (unpaired) electrons. The van der Waals surface area contributed by atoms with Crippen molar-refractivity contribution in [3.63, 3.8) is 0 Å². The van der Waals surface area contributed by atoms with Crippen LogP contribution in [0.15, 0.2) is 11.6 Å². The molecular formula is C24H42Cl2N2. The van der Waals surface area contributed by atoms with Crippen LogP contribution in [0.25, 0.3) is 0 Å². The van der Waals surface area contributed by atoms with Gasteiger partial charge in [0, 0.05) is 18.6 Å². The van der Waals surface area contributed by atoms with Gasteiger partial charge in [-0.15, -0.1) is 24.8 Å². The zero-order valence-corrected chi connectivity index (χ0v) is 20.2. The Morgan fingerprint density at radius 3 is 2.43 bits per heavy atom. The molecule has 2 nitrogen and oxygen atoms in total. The Morgan fingerprint density at radius 1 is 1.00 bits per heavy atom. The lowest BCUT2D eigenvalue weighted by atomic mass is 9.47. The minimum Gasteiger partial charge on any atom is -0.306 e. The van der Waals surface area contributed by atoms with Crippen molar-refractivity contribution in [3.05, 3.63) is 11.6 Å². The van der Waals surface area contributed by atoms with Gasteiger partial charge in [0.05, 0.1) is 0 Å². The van der Waals surface area contributed by atoms with Crippen molar-refractivity contribution in [3.8, 4) is 0 Å². The maximum Gasteiger partial charge on any atom is 0.0127 e. The molecule has 28 heavy (non-hydrogen) atoms. The second-order valence-electron chi connectivity index (χ2n) is 11.2. The second kappa shape index (κ2) is 7.74. The number of allylic oxidation sites excluding steroid dienone is 1. The molecule has 0 aromatic carbocycles. The molecule has 0 aromatic rings. The van der Waals surface area contributed by atoms with Gasteiger partial charge < -0.3 is 9.80 Å². The Balaban J connectivity index is 0.00000112. The van der Waals surface area contributed by atoms with Gasteiger partial charge in [-0.25, -0.2) is 0 Å². The third-order valence-electron chi connectivity index (χ3n) is 10.4. The third kappa shape index (κ3) is 2.95. The van der Waals surface area contributed by atoms with Gasteiger partial charge in [0.25, 0.3) is 0 Å². The van der Waals surface area contributed by atoms with Crippen molar-refractivity contribution < 1.29 is 0 Å². The van der Waals surface area contributed by atoms with E-state index >= 15 is 0 Å². The highest BCUT2D eigenvalue weighted by Crippen LogP contribution is 2.68. The Morgan fingerprint density at radius 2 is 1.71 bits per heavy atom. The fourth-order valence-electron chi connectivity index (χ4n) is 8.88. The Kier molecular flexibility index (Phi) is 6.33. The summed E-state index contributed by atoms with van der Waals surface area (Å²) >= 11 is 0. The molecule has 1 spiro atoms. The molecular weight excluding hydrogens is 387 g/mol. The summed E-state index contributed by atoms with van der Waals surface area (Å²) in [5.41, 5.74) is 3.04.